The van der Waals surface area contributed by atoms with E-state index < -0.39 is 0 Å². The smallest absolute Gasteiger partial charge is 0.222 e. The van der Waals surface area contributed by atoms with E-state index in [0.29, 0.717) is 13.0 Å². The Labute approximate surface area is 107 Å². The van der Waals surface area contributed by atoms with Gasteiger partial charge in [-0.15, -0.1) is 0 Å². The molecule has 4 heteroatoms. The molecule has 1 heterocycles. The second kappa shape index (κ2) is 6.00. The van der Waals surface area contributed by atoms with Crippen LogP contribution in [0.25, 0.3) is 0 Å². The molecule has 1 aromatic carbocycles. The number of rotatable bonds is 5. The molecule has 1 unspecified atom stereocenters. The maximum Gasteiger partial charge on any atom is 0.222 e. The van der Waals surface area contributed by atoms with Crippen molar-refractivity contribution in [1.29, 1.82) is 0 Å². The van der Waals surface area contributed by atoms with Gasteiger partial charge in [0.2, 0.25) is 5.91 Å². The van der Waals surface area contributed by atoms with Gasteiger partial charge in [0.15, 0.2) is 0 Å². The van der Waals surface area contributed by atoms with E-state index in [1.165, 1.54) is 0 Å². The average molecular weight is 243 g/mol. The number of benzene rings is 1. The summed E-state index contributed by atoms with van der Waals surface area (Å²) >= 11 is 0. The predicted octanol–water partition coefficient (Wildman–Crippen LogP) is 2.15. The summed E-state index contributed by atoms with van der Waals surface area (Å²) in [5.41, 5.74) is 1.12. The minimum absolute atomic E-state index is 0.0383. The van der Waals surface area contributed by atoms with Gasteiger partial charge in [0, 0.05) is 25.4 Å². The molecule has 2 rings (SSSR count). The topological polar surface area (TPSA) is 46.9 Å². The van der Waals surface area contributed by atoms with Crippen LogP contribution in [0, 0.1) is 0 Å². The average Bonchev–Trinajstić information content (AvgIpc) is 2.90. The van der Waals surface area contributed by atoms with Crippen molar-refractivity contribution in [2.75, 3.05) is 0 Å². The van der Waals surface area contributed by atoms with Gasteiger partial charge in [0.25, 0.3) is 0 Å². The number of carbonyl (C=O) groups is 1. The van der Waals surface area contributed by atoms with Crippen molar-refractivity contribution in [1.82, 2.24) is 15.1 Å². The van der Waals surface area contributed by atoms with E-state index in [-0.39, 0.29) is 11.9 Å². The molecule has 1 aromatic heterocycles. The molecule has 0 radical (unpaired) electrons. The monoisotopic (exact) mass is 243 g/mol. The highest BCUT2D eigenvalue weighted by Crippen LogP contribution is 2.11. The first-order chi connectivity index (χ1) is 8.75. The van der Waals surface area contributed by atoms with Gasteiger partial charge in [-0.25, -0.2) is 0 Å². The number of amides is 1. The first-order valence-corrected chi connectivity index (χ1v) is 6.07. The molecule has 0 saturated carbocycles. The molecule has 94 valence electrons. The van der Waals surface area contributed by atoms with Gasteiger partial charge in [0.05, 0.1) is 6.04 Å². The summed E-state index contributed by atoms with van der Waals surface area (Å²) in [7, 11) is 0. The van der Waals surface area contributed by atoms with Gasteiger partial charge in [-0.05, 0) is 18.6 Å². The Hall–Kier alpha value is -2.10. The van der Waals surface area contributed by atoms with E-state index in [9.17, 15) is 4.79 Å². The number of carbonyl (C=O) groups excluding carboxylic acids is 1. The lowest BCUT2D eigenvalue weighted by Crippen LogP contribution is -2.27. The van der Waals surface area contributed by atoms with E-state index >= 15 is 0 Å². The molecular formula is C14H17N3O. The third-order valence-electron chi connectivity index (χ3n) is 2.80. The van der Waals surface area contributed by atoms with Crippen molar-refractivity contribution in [2.45, 2.75) is 25.9 Å². The molecule has 0 aliphatic rings. The lowest BCUT2D eigenvalue weighted by atomic mass is 10.1. The maximum absolute atomic E-state index is 11.8. The third kappa shape index (κ3) is 3.45. The van der Waals surface area contributed by atoms with Gasteiger partial charge in [-0.1, -0.05) is 30.3 Å². The van der Waals surface area contributed by atoms with Crippen LogP contribution in [0.2, 0.25) is 0 Å². The summed E-state index contributed by atoms with van der Waals surface area (Å²) in [5, 5.41) is 7.04. The van der Waals surface area contributed by atoms with Crippen LogP contribution in [-0.4, -0.2) is 15.7 Å². The van der Waals surface area contributed by atoms with Crippen LogP contribution in [-0.2, 0) is 11.3 Å². The van der Waals surface area contributed by atoms with Crippen molar-refractivity contribution in [3.8, 4) is 0 Å². The molecule has 4 nitrogen and oxygen atoms in total. The van der Waals surface area contributed by atoms with E-state index in [1.807, 2.05) is 49.5 Å². The van der Waals surface area contributed by atoms with Gasteiger partial charge in [0.1, 0.15) is 0 Å². The van der Waals surface area contributed by atoms with Gasteiger partial charge in [-0.2, -0.15) is 5.10 Å². The number of hydrogen-bond donors (Lipinski definition) is 1. The molecule has 0 aliphatic carbocycles. The molecule has 1 atom stereocenters. The summed E-state index contributed by atoms with van der Waals surface area (Å²) in [6.45, 7) is 2.60. The zero-order chi connectivity index (χ0) is 12.8. The van der Waals surface area contributed by atoms with Crippen LogP contribution in [0.1, 0.15) is 24.9 Å². The fourth-order valence-corrected chi connectivity index (χ4v) is 1.79. The minimum atomic E-state index is 0.0383. The second-order valence-corrected chi connectivity index (χ2v) is 4.22. The SMILES string of the molecule is CC(NC(=O)CCn1cccn1)c1ccccc1. The number of hydrogen-bond acceptors (Lipinski definition) is 2. The zero-order valence-electron chi connectivity index (χ0n) is 10.4. The van der Waals surface area contributed by atoms with Crippen molar-refractivity contribution in [3.05, 3.63) is 54.4 Å². The Bertz CT molecular complexity index is 479. The van der Waals surface area contributed by atoms with E-state index in [2.05, 4.69) is 10.4 Å². The van der Waals surface area contributed by atoms with E-state index in [1.54, 1.807) is 10.9 Å². The normalized spacial score (nSPS) is 12.1. The van der Waals surface area contributed by atoms with Crippen LogP contribution >= 0.6 is 0 Å². The first kappa shape index (κ1) is 12.4. The first-order valence-electron chi connectivity index (χ1n) is 6.07. The van der Waals surface area contributed by atoms with Gasteiger partial charge < -0.3 is 5.32 Å². The van der Waals surface area contributed by atoms with Gasteiger partial charge in [-0.3, -0.25) is 9.48 Å². The molecule has 1 amide bonds. The molecule has 18 heavy (non-hydrogen) atoms. The molecule has 0 fully saturated rings. The third-order valence-corrected chi connectivity index (χ3v) is 2.80. The quantitative estimate of drug-likeness (QED) is 0.874. The fourth-order valence-electron chi connectivity index (χ4n) is 1.79. The van der Waals surface area contributed by atoms with Crippen molar-refractivity contribution in [3.63, 3.8) is 0 Å². The Kier molecular flexibility index (Phi) is 4.12. The van der Waals surface area contributed by atoms with Crippen molar-refractivity contribution >= 4 is 5.91 Å². The number of aryl methyl sites for hydroxylation is 1. The molecular weight excluding hydrogens is 226 g/mol. The highest BCUT2D eigenvalue weighted by molar-refractivity contribution is 5.76. The predicted molar refractivity (Wildman–Crippen MR) is 69.8 cm³/mol. The molecule has 1 N–H and O–H groups in total. The highest BCUT2D eigenvalue weighted by Gasteiger charge is 2.08. The summed E-state index contributed by atoms with van der Waals surface area (Å²) in [4.78, 5) is 11.8. The van der Waals surface area contributed by atoms with E-state index in [0.717, 1.165) is 5.56 Å². The van der Waals surface area contributed by atoms with E-state index in [4.69, 9.17) is 0 Å². The summed E-state index contributed by atoms with van der Waals surface area (Å²) in [6, 6.07) is 11.8. The number of nitrogens with one attached hydrogen (secondary N) is 1. The minimum Gasteiger partial charge on any atom is -0.350 e. The lowest BCUT2D eigenvalue weighted by molar-refractivity contribution is -0.122. The molecule has 0 aliphatic heterocycles. The summed E-state index contributed by atoms with van der Waals surface area (Å²) in [6.07, 6.45) is 4.01. The fraction of sp³-hybridized carbons (Fsp3) is 0.286. The summed E-state index contributed by atoms with van der Waals surface area (Å²) in [5.74, 6) is 0.0434. The molecule has 2 aromatic rings. The lowest BCUT2D eigenvalue weighted by Gasteiger charge is -2.14. The Balaban J connectivity index is 1.80. The standard InChI is InChI=1S/C14H17N3O/c1-12(13-6-3-2-4-7-13)16-14(18)8-11-17-10-5-9-15-17/h2-7,9-10,12H,8,11H2,1H3,(H,16,18). The zero-order valence-corrected chi connectivity index (χ0v) is 10.4. The van der Waals surface area contributed by atoms with Gasteiger partial charge >= 0.3 is 0 Å². The Morgan fingerprint density at radius 3 is 2.78 bits per heavy atom. The molecule has 0 saturated heterocycles. The highest BCUT2D eigenvalue weighted by atomic mass is 16.1. The number of nitrogens with zero attached hydrogens (tertiary/aromatic N) is 2. The van der Waals surface area contributed by atoms with Crippen molar-refractivity contribution < 1.29 is 4.79 Å². The number of aromatic nitrogens is 2. The maximum atomic E-state index is 11.8. The largest absolute Gasteiger partial charge is 0.350 e. The van der Waals surface area contributed by atoms with Crippen LogP contribution in [0.5, 0.6) is 0 Å². The molecule has 0 spiro atoms. The summed E-state index contributed by atoms with van der Waals surface area (Å²) < 4.78 is 1.76. The Morgan fingerprint density at radius 1 is 1.33 bits per heavy atom. The molecule has 0 bridgehead atoms. The van der Waals surface area contributed by atoms with Crippen LogP contribution in [0.4, 0.5) is 0 Å². The Morgan fingerprint density at radius 2 is 2.11 bits per heavy atom. The van der Waals surface area contributed by atoms with Crippen LogP contribution < -0.4 is 5.32 Å². The second-order valence-electron chi connectivity index (χ2n) is 4.22. The van der Waals surface area contributed by atoms with Crippen molar-refractivity contribution in [2.24, 2.45) is 0 Å². The van der Waals surface area contributed by atoms with Crippen LogP contribution in [0.3, 0.4) is 0 Å². The van der Waals surface area contributed by atoms with Crippen LogP contribution in [0.15, 0.2) is 48.8 Å².